The molecule has 2 aromatic carbocycles. The van der Waals surface area contributed by atoms with Crippen LogP contribution >= 0.6 is 0 Å². The molecule has 4 amide bonds. The zero-order valence-corrected chi connectivity index (χ0v) is 15.5. The van der Waals surface area contributed by atoms with Crippen LogP contribution in [0.2, 0.25) is 0 Å². The van der Waals surface area contributed by atoms with E-state index in [0.29, 0.717) is 9.80 Å². The van der Waals surface area contributed by atoms with Crippen molar-refractivity contribution in [3.63, 3.8) is 0 Å². The molecule has 0 saturated heterocycles. The first-order valence-corrected chi connectivity index (χ1v) is 8.79. The maximum absolute atomic E-state index is 12.4. The van der Waals surface area contributed by atoms with E-state index in [4.69, 9.17) is 14.9 Å². The predicted octanol–water partition coefficient (Wildman–Crippen LogP) is 0.840. The number of nitrogens with zero attached hydrogens (tertiary/aromatic N) is 2. The van der Waals surface area contributed by atoms with Gasteiger partial charge < -0.3 is 14.9 Å². The molecule has 31 heavy (non-hydrogen) atoms. The van der Waals surface area contributed by atoms with Crippen molar-refractivity contribution in [2.24, 2.45) is 0 Å². The fourth-order valence-corrected chi connectivity index (χ4v) is 3.36. The second-order valence-corrected chi connectivity index (χ2v) is 6.70. The van der Waals surface area contributed by atoms with Crippen molar-refractivity contribution in [3.8, 4) is 11.5 Å². The normalized spacial score (nSPS) is 14.7. The highest BCUT2D eigenvalue weighted by atomic mass is 16.5. The Balaban J connectivity index is 1.59. The smallest absolute Gasteiger partial charge is 0.323 e. The lowest BCUT2D eigenvalue weighted by Gasteiger charge is -2.09. The molecule has 2 aromatic rings. The maximum atomic E-state index is 12.4. The predicted molar refractivity (Wildman–Crippen MR) is 99.0 cm³/mol. The Morgan fingerprint density at radius 2 is 1.00 bits per heavy atom. The average Bonchev–Trinajstić information content (AvgIpc) is 3.08. The second-order valence-electron chi connectivity index (χ2n) is 6.70. The highest BCUT2D eigenvalue weighted by Crippen LogP contribution is 2.32. The molecule has 2 aliphatic heterocycles. The van der Waals surface area contributed by atoms with Crippen molar-refractivity contribution < 1.29 is 43.7 Å². The van der Waals surface area contributed by atoms with E-state index in [1.54, 1.807) is 0 Å². The van der Waals surface area contributed by atoms with Gasteiger partial charge in [-0.25, -0.2) is 0 Å². The number of hydrogen-bond donors (Lipinski definition) is 2. The molecule has 0 spiro atoms. The van der Waals surface area contributed by atoms with Gasteiger partial charge in [-0.1, -0.05) is 0 Å². The molecule has 2 heterocycles. The number of ether oxygens (including phenoxy) is 1. The lowest BCUT2D eigenvalue weighted by atomic mass is 10.1. The van der Waals surface area contributed by atoms with Crippen LogP contribution in [-0.4, -0.2) is 68.7 Å². The number of carbonyl (C=O) groups excluding carboxylic acids is 4. The van der Waals surface area contributed by atoms with Gasteiger partial charge in [0.15, 0.2) is 0 Å². The Morgan fingerprint density at radius 3 is 1.35 bits per heavy atom. The number of imide groups is 2. The Bertz CT molecular complexity index is 1120. The largest absolute Gasteiger partial charge is 0.480 e. The van der Waals surface area contributed by atoms with Crippen molar-refractivity contribution in [1.82, 2.24) is 9.80 Å². The van der Waals surface area contributed by atoms with Gasteiger partial charge >= 0.3 is 11.9 Å². The Kier molecular flexibility index (Phi) is 4.50. The summed E-state index contributed by atoms with van der Waals surface area (Å²) in [5.74, 6) is -5.39. The monoisotopic (exact) mass is 424 g/mol. The standard InChI is InChI=1S/C20H12N2O9/c23-15(24)7-21-17(27)11-3-1-9(5-13(11)19(21)29)31-10-2-4-12-14(6-10)20(30)22(18(12)28)8-16(25)26/h1-6H,7-8H2,(H,23,24)(H,25,26). The fraction of sp³-hybridized carbons (Fsp3) is 0.100. The number of amides is 4. The van der Waals surface area contributed by atoms with Crippen LogP contribution in [0.25, 0.3) is 0 Å². The molecule has 0 aliphatic carbocycles. The Labute approximate surface area is 173 Å². The minimum atomic E-state index is -1.33. The van der Waals surface area contributed by atoms with Gasteiger partial charge in [0.05, 0.1) is 22.3 Å². The number of rotatable bonds is 6. The van der Waals surface area contributed by atoms with Gasteiger partial charge in [0.1, 0.15) is 24.6 Å². The molecule has 0 unspecified atom stereocenters. The summed E-state index contributed by atoms with van der Waals surface area (Å²) < 4.78 is 5.63. The molecule has 2 aliphatic rings. The van der Waals surface area contributed by atoms with Crippen LogP contribution < -0.4 is 4.74 Å². The number of aliphatic carboxylic acids is 2. The third-order valence-electron chi connectivity index (χ3n) is 4.71. The van der Waals surface area contributed by atoms with Gasteiger partial charge in [-0.3, -0.25) is 38.6 Å². The average molecular weight is 424 g/mol. The van der Waals surface area contributed by atoms with Gasteiger partial charge in [-0.15, -0.1) is 0 Å². The number of carbonyl (C=O) groups is 6. The molecule has 156 valence electrons. The molecule has 0 saturated carbocycles. The quantitative estimate of drug-likeness (QED) is 0.641. The number of hydrogen-bond acceptors (Lipinski definition) is 7. The second kappa shape index (κ2) is 7.06. The molecule has 0 atom stereocenters. The Hall–Kier alpha value is -4.54. The van der Waals surface area contributed by atoms with Crippen molar-refractivity contribution in [3.05, 3.63) is 58.7 Å². The van der Waals surface area contributed by atoms with Crippen LogP contribution in [0, 0.1) is 0 Å². The molecule has 4 rings (SSSR count). The third kappa shape index (κ3) is 3.27. The summed E-state index contributed by atoms with van der Waals surface area (Å²) in [5, 5.41) is 17.7. The van der Waals surface area contributed by atoms with E-state index in [-0.39, 0.29) is 33.8 Å². The summed E-state index contributed by atoms with van der Waals surface area (Å²) in [6.07, 6.45) is 0. The summed E-state index contributed by atoms with van der Waals surface area (Å²) in [6, 6.07) is 7.98. The van der Waals surface area contributed by atoms with Crippen LogP contribution in [-0.2, 0) is 9.59 Å². The first kappa shape index (κ1) is 19.8. The molecular weight excluding hydrogens is 412 g/mol. The van der Waals surface area contributed by atoms with E-state index < -0.39 is 48.7 Å². The summed E-state index contributed by atoms with van der Waals surface area (Å²) >= 11 is 0. The zero-order chi connectivity index (χ0) is 22.4. The molecule has 0 radical (unpaired) electrons. The van der Waals surface area contributed by atoms with Crippen LogP contribution in [0.1, 0.15) is 41.4 Å². The summed E-state index contributed by atoms with van der Waals surface area (Å²) in [5.41, 5.74) is 0.0304. The van der Waals surface area contributed by atoms with E-state index in [2.05, 4.69) is 0 Å². The van der Waals surface area contributed by atoms with Crippen molar-refractivity contribution in [1.29, 1.82) is 0 Å². The highest BCUT2D eigenvalue weighted by Gasteiger charge is 2.38. The van der Waals surface area contributed by atoms with Gasteiger partial charge in [0, 0.05) is 0 Å². The zero-order valence-electron chi connectivity index (χ0n) is 15.5. The lowest BCUT2D eigenvalue weighted by Crippen LogP contribution is -2.34. The van der Waals surface area contributed by atoms with Gasteiger partial charge in [-0.05, 0) is 36.4 Å². The maximum Gasteiger partial charge on any atom is 0.323 e. The minimum absolute atomic E-state index is 0.0243. The van der Waals surface area contributed by atoms with Gasteiger partial charge in [-0.2, -0.15) is 0 Å². The fourth-order valence-electron chi connectivity index (χ4n) is 3.36. The first-order valence-electron chi connectivity index (χ1n) is 8.79. The van der Waals surface area contributed by atoms with Crippen LogP contribution in [0.5, 0.6) is 11.5 Å². The summed E-state index contributed by atoms with van der Waals surface area (Å²) in [4.78, 5) is 72.1. The molecule has 0 fully saturated rings. The molecule has 2 N–H and O–H groups in total. The number of carboxylic acids is 2. The van der Waals surface area contributed by atoms with Crippen LogP contribution in [0.4, 0.5) is 0 Å². The topological polar surface area (TPSA) is 159 Å². The van der Waals surface area contributed by atoms with E-state index in [0.717, 1.165) is 0 Å². The van der Waals surface area contributed by atoms with Crippen molar-refractivity contribution in [2.45, 2.75) is 0 Å². The molecular formula is C20H12N2O9. The van der Waals surface area contributed by atoms with Crippen LogP contribution in [0.3, 0.4) is 0 Å². The third-order valence-corrected chi connectivity index (χ3v) is 4.71. The number of benzene rings is 2. The van der Waals surface area contributed by atoms with Crippen LogP contribution in [0.15, 0.2) is 36.4 Å². The van der Waals surface area contributed by atoms with Crippen molar-refractivity contribution in [2.75, 3.05) is 13.1 Å². The SMILES string of the molecule is O=C(O)CN1C(=O)c2ccc(Oc3ccc4c(c3)C(=O)N(CC(=O)O)C4=O)cc2C1=O. The number of fused-ring (bicyclic) bond motifs is 2. The molecule has 0 bridgehead atoms. The van der Waals surface area contributed by atoms with Crippen molar-refractivity contribution >= 4 is 35.6 Å². The Morgan fingerprint density at radius 1 is 0.645 bits per heavy atom. The van der Waals surface area contributed by atoms with E-state index in [1.807, 2.05) is 0 Å². The minimum Gasteiger partial charge on any atom is -0.480 e. The number of carboxylic acid groups (broad SMARTS) is 2. The van der Waals surface area contributed by atoms with E-state index >= 15 is 0 Å². The summed E-state index contributed by atoms with van der Waals surface area (Å²) in [7, 11) is 0. The lowest BCUT2D eigenvalue weighted by molar-refractivity contribution is -0.138. The van der Waals surface area contributed by atoms with Gasteiger partial charge in [0.2, 0.25) is 0 Å². The highest BCUT2D eigenvalue weighted by molar-refractivity contribution is 6.23. The van der Waals surface area contributed by atoms with E-state index in [9.17, 15) is 28.8 Å². The summed E-state index contributed by atoms with van der Waals surface area (Å²) in [6.45, 7) is -1.54. The molecule has 11 heteroatoms. The van der Waals surface area contributed by atoms with E-state index in [1.165, 1.54) is 36.4 Å². The first-order chi connectivity index (χ1) is 14.7. The molecule has 11 nitrogen and oxygen atoms in total. The molecule has 0 aromatic heterocycles. The van der Waals surface area contributed by atoms with Gasteiger partial charge in [0.25, 0.3) is 23.6 Å².